The molecule has 138 valence electrons. The molecule has 2 saturated heterocycles. The van der Waals surface area contributed by atoms with Crippen molar-refractivity contribution >= 4 is 18.3 Å². The second kappa shape index (κ2) is 7.70. The molecular weight excluding hydrogens is 357 g/mol. The van der Waals surface area contributed by atoms with Gasteiger partial charge in [-0.3, -0.25) is 9.78 Å². The first-order valence-electron chi connectivity index (χ1n) is 8.50. The van der Waals surface area contributed by atoms with Crippen molar-refractivity contribution in [3.63, 3.8) is 0 Å². The van der Waals surface area contributed by atoms with Gasteiger partial charge in [0.2, 0.25) is 0 Å². The Morgan fingerprint density at radius 3 is 2.92 bits per heavy atom. The summed E-state index contributed by atoms with van der Waals surface area (Å²) in [6, 6.07) is 9.65. The van der Waals surface area contributed by atoms with E-state index in [1.54, 1.807) is 18.2 Å². The van der Waals surface area contributed by atoms with Gasteiger partial charge in [-0.1, -0.05) is 12.1 Å². The number of rotatable bonds is 3. The summed E-state index contributed by atoms with van der Waals surface area (Å²) in [4.78, 5) is 19.1. The lowest BCUT2D eigenvalue weighted by Crippen LogP contribution is -2.35. The Bertz CT molecular complexity index is 804. The molecule has 0 bridgehead atoms. The Labute approximate surface area is 157 Å². The summed E-state index contributed by atoms with van der Waals surface area (Å²) in [5, 5.41) is 12.7. The first-order chi connectivity index (χ1) is 12.2. The Kier molecular flexibility index (Phi) is 5.55. The third-order valence-electron chi connectivity index (χ3n) is 5.24. The SMILES string of the molecule is Cl.O=C(c1cc(CO)ccn1)N1C[C@@H]2CNC[C@@H]2[C@@H]1c1cccc(F)c1. The number of fused-ring (bicyclic) bond motifs is 1. The molecule has 2 aliphatic heterocycles. The second-order valence-electron chi connectivity index (χ2n) is 6.75. The first-order valence-corrected chi connectivity index (χ1v) is 8.50. The quantitative estimate of drug-likeness (QED) is 0.860. The zero-order valence-corrected chi connectivity index (χ0v) is 15.0. The van der Waals surface area contributed by atoms with Gasteiger partial charge in [-0.15, -0.1) is 12.4 Å². The van der Waals surface area contributed by atoms with Crippen molar-refractivity contribution in [1.82, 2.24) is 15.2 Å². The summed E-state index contributed by atoms with van der Waals surface area (Å²) in [6.07, 6.45) is 1.54. The summed E-state index contributed by atoms with van der Waals surface area (Å²) in [5.74, 6) is 0.170. The average molecular weight is 378 g/mol. The fourth-order valence-electron chi connectivity index (χ4n) is 4.08. The number of likely N-dealkylation sites (tertiary alicyclic amines) is 1. The van der Waals surface area contributed by atoms with E-state index in [0.29, 0.717) is 23.7 Å². The van der Waals surface area contributed by atoms with Crippen molar-refractivity contribution in [2.45, 2.75) is 12.6 Å². The van der Waals surface area contributed by atoms with Crippen LogP contribution < -0.4 is 5.32 Å². The molecule has 0 radical (unpaired) electrons. The molecule has 7 heteroatoms. The largest absolute Gasteiger partial charge is 0.392 e. The van der Waals surface area contributed by atoms with Crippen molar-refractivity contribution in [2.24, 2.45) is 11.8 Å². The molecule has 0 unspecified atom stereocenters. The van der Waals surface area contributed by atoms with Crippen LogP contribution in [0.15, 0.2) is 42.6 Å². The maximum Gasteiger partial charge on any atom is 0.272 e. The van der Waals surface area contributed by atoms with E-state index in [-0.39, 0.29) is 42.7 Å². The zero-order valence-electron chi connectivity index (χ0n) is 14.1. The maximum atomic E-state index is 13.8. The van der Waals surface area contributed by atoms with Gasteiger partial charge in [0.15, 0.2) is 0 Å². The van der Waals surface area contributed by atoms with Crippen LogP contribution in [0.1, 0.15) is 27.7 Å². The lowest BCUT2D eigenvalue weighted by atomic mass is 9.89. The third kappa shape index (κ3) is 3.32. The van der Waals surface area contributed by atoms with Crippen LogP contribution in [0.5, 0.6) is 0 Å². The van der Waals surface area contributed by atoms with Crippen molar-refractivity contribution in [2.75, 3.05) is 19.6 Å². The number of amides is 1. The van der Waals surface area contributed by atoms with E-state index in [4.69, 9.17) is 0 Å². The van der Waals surface area contributed by atoms with Crippen LogP contribution in [0.2, 0.25) is 0 Å². The van der Waals surface area contributed by atoms with Crippen LogP contribution in [0.3, 0.4) is 0 Å². The highest BCUT2D eigenvalue weighted by molar-refractivity contribution is 5.93. The van der Waals surface area contributed by atoms with Crippen LogP contribution in [0, 0.1) is 17.7 Å². The number of aliphatic hydroxyl groups is 1. The molecule has 2 aromatic rings. The Morgan fingerprint density at radius 2 is 2.15 bits per heavy atom. The normalized spacial score (nSPS) is 24.2. The van der Waals surface area contributed by atoms with E-state index in [2.05, 4.69) is 10.3 Å². The minimum Gasteiger partial charge on any atom is -0.392 e. The summed E-state index contributed by atoms with van der Waals surface area (Å²) < 4.78 is 13.8. The minimum atomic E-state index is -0.292. The molecule has 4 rings (SSSR count). The molecule has 1 aromatic carbocycles. The number of aliphatic hydroxyl groups excluding tert-OH is 1. The number of nitrogens with one attached hydrogen (secondary N) is 1. The monoisotopic (exact) mass is 377 g/mol. The van der Waals surface area contributed by atoms with E-state index in [1.807, 2.05) is 11.0 Å². The fraction of sp³-hybridized carbons (Fsp3) is 0.368. The molecule has 3 atom stereocenters. The number of hydrogen-bond acceptors (Lipinski definition) is 4. The summed E-state index contributed by atoms with van der Waals surface area (Å²) in [6.45, 7) is 2.18. The molecule has 26 heavy (non-hydrogen) atoms. The number of pyridine rings is 1. The Hall–Kier alpha value is -2.02. The lowest BCUT2D eigenvalue weighted by Gasteiger charge is -2.28. The molecule has 2 aliphatic rings. The number of benzene rings is 1. The molecule has 3 heterocycles. The van der Waals surface area contributed by atoms with Crippen LogP contribution >= 0.6 is 12.4 Å². The van der Waals surface area contributed by atoms with Crippen molar-refractivity contribution in [3.05, 3.63) is 65.2 Å². The molecule has 1 aromatic heterocycles. The molecule has 0 aliphatic carbocycles. The van der Waals surface area contributed by atoms with Gasteiger partial charge in [-0.2, -0.15) is 0 Å². The number of nitrogens with zero attached hydrogens (tertiary/aromatic N) is 2. The maximum absolute atomic E-state index is 13.8. The number of carbonyl (C=O) groups is 1. The minimum absolute atomic E-state index is 0. The molecule has 2 N–H and O–H groups in total. The van der Waals surface area contributed by atoms with Crippen LogP contribution in [-0.4, -0.2) is 40.5 Å². The van der Waals surface area contributed by atoms with E-state index in [9.17, 15) is 14.3 Å². The fourth-order valence-corrected chi connectivity index (χ4v) is 4.08. The number of carbonyl (C=O) groups excluding carboxylic acids is 1. The molecule has 2 fully saturated rings. The molecular formula is C19H21ClFN3O2. The highest BCUT2D eigenvalue weighted by atomic mass is 35.5. The highest BCUT2D eigenvalue weighted by Gasteiger charge is 2.47. The highest BCUT2D eigenvalue weighted by Crippen LogP contribution is 2.43. The number of hydrogen-bond donors (Lipinski definition) is 2. The van der Waals surface area contributed by atoms with Crippen LogP contribution in [0.25, 0.3) is 0 Å². The number of aromatic nitrogens is 1. The van der Waals surface area contributed by atoms with Gasteiger partial charge in [-0.25, -0.2) is 4.39 Å². The second-order valence-corrected chi connectivity index (χ2v) is 6.75. The van der Waals surface area contributed by atoms with Gasteiger partial charge in [0.05, 0.1) is 12.6 Å². The number of halogens is 2. The summed E-state index contributed by atoms with van der Waals surface area (Å²) in [7, 11) is 0. The van der Waals surface area contributed by atoms with Gasteiger partial charge in [0, 0.05) is 31.7 Å². The summed E-state index contributed by atoms with van der Waals surface area (Å²) in [5.41, 5.74) is 1.80. The zero-order chi connectivity index (χ0) is 17.4. The molecule has 1 amide bonds. The third-order valence-corrected chi connectivity index (χ3v) is 5.24. The molecule has 0 saturated carbocycles. The molecule has 0 spiro atoms. The van der Waals surface area contributed by atoms with Gasteiger partial charge >= 0.3 is 0 Å². The van der Waals surface area contributed by atoms with Gasteiger partial charge in [0.1, 0.15) is 11.5 Å². The summed E-state index contributed by atoms with van der Waals surface area (Å²) >= 11 is 0. The lowest BCUT2D eigenvalue weighted by molar-refractivity contribution is 0.0707. The average Bonchev–Trinajstić information content (AvgIpc) is 3.22. The van der Waals surface area contributed by atoms with Crippen molar-refractivity contribution in [1.29, 1.82) is 0 Å². The smallest absolute Gasteiger partial charge is 0.272 e. The van der Waals surface area contributed by atoms with Gasteiger partial charge in [0.25, 0.3) is 5.91 Å². The van der Waals surface area contributed by atoms with E-state index >= 15 is 0 Å². The Balaban J connectivity index is 0.00000196. The van der Waals surface area contributed by atoms with Crippen molar-refractivity contribution < 1.29 is 14.3 Å². The van der Waals surface area contributed by atoms with Gasteiger partial charge < -0.3 is 15.3 Å². The van der Waals surface area contributed by atoms with Crippen LogP contribution in [-0.2, 0) is 6.61 Å². The predicted octanol–water partition coefficient (Wildman–Crippen LogP) is 2.17. The van der Waals surface area contributed by atoms with Gasteiger partial charge in [-0.05, 0) is 41.3 Å². The topological polar surface area (TPSA) is 65.5 Å². The predicted molar refractivity (Wildman–Crippen MR) is 97.4 cm³/mol. The first kappa shape index (κ1) is 18.8. The van der Waals surface area contributed by atoms with E-state index in [1.165, 1.54) is 18.3 Å². The van der Waals surface area contributed by atoms with E-state index < -0.39 is 0 Å². The Morgan fingerprint density at radius 1 is 1.31 bits per heavy atom. The standard InChI is InChI=1S/C19H20FN3O2.ClH/c20-15-3-1-2-13(7-15)18-16-9-21-8-14(16)10-23(18)19(25)17-6-12(11-24)4-5-22-17;/h1-7,14,16,18,21,24H,8-11H2;1H/t14-,16-,18-;/m0./s1. The van der Waals surface area contributed by atoms with Crippen LogP contribution in [0.4, 0.5) is 4.39 Å². The molecule has 5 nitrogen and oxygen atoms in total. The van der Waals surface area contributed by atoms with Crippen molar-refractivity contribution in [3.8, 4) is 0 Å². The van der Waals surface area contributed by atoms with E-state index in [0.717, 1.165) is 18.7 Å².